The molecule has 0 amide bonds. The summed E-state index contributed by atoms with van der Waals surface area (Å²) in [6.07, 6.45) is 7.05. The SMILES string of the molecule is CCNC(=NCc1ccc(OC2CCCC2)nc1)NC(C)(C)C.I. The third kappa shape index (κ3) is 7.68. The standard InChI is InChI=1S/C18H30N4O.HI/c1-5-19-17(22-18(2,3)4)21-13-14-10-11-16(20-12-14)23-15-8-6-7-9-15;/h10-12,15H,5-9,13H2,1-4H3,(H2,19,21,22);1H. The van der Waals surface area contributed by atoms with Gasteiger partial charge in [-0.25, -0.2) is 9.98 Å². The summed E-state index contributed by atoms with van der Waals surface area (Å²) in [4.78, 5) is 9.02. The van der Waals surface area contributed by atoms with Gasteiger partial charge in [0.1, 0.15) is 6.10 Å². The summed E-state index contributed by atoms with van der Waals surface area (Å²) in [5.41, 5.74) is 1.06. The van der Waals surface area contributed by atoms with Crippen molar-refractivity contribution in [3.05, 3.63) is 23.9 Å². The number of pyridine rings is 1. The van der Waals surface area contributed by atoms with Gasteiger partial charge in [0.25, 0.3) is 0 Å². The summed E-state index contributed by atoms with van der Waals surface area (Å²) in [6.45, 7) is 9.87. The van der Waals surface area contributed by atoms with E-state index in [9.17, 15) is 0 Å². The highest BCUT2D eigenvalue weighted by atomic mass is 127. The molecular weight excluding hydrogens is 415 g/mol. The van der Waals surface area contributed by atoms with Crippen LogP contribution in [-0.2, 0) is 6.54 Å². The number of ether oxygens (including phenoxy) is 1. The van der Waals surface area contributed by atoms with Crippen molar-refractivity contribution in [2.45, 2.75) is 71.6 Å². The van der Waals surface area contributed by atoms with Gasteiger partial charge in [0.15, 0.2) is 5.96 Å². The Bertz CT molecular complexity index is 505. The third-order valence-electron chi connectivity index (χ3n) is 3.64. The summed E-state index contributed by atoms with van der Waals surface area (Å²) in [7, 11) is 0. The van der Waals surface area contributed by atoms with E-state index in [-0.39, 0.29) is 29.5 Å². The molecule has 1 aliphatic carbocycles. The van der Waals surface area contributed by atoms with Gasteiger partial charge in [-0.05, 0) is 58.9 Å². The predicted molar refractivity (Wildman–Crippen MR) is 110 cm³/mol. The van der Waals surface area contributed by atoms with Gasteiger partial charge in [-0.2, -0.15) is 0 Å². The average molecular weight is 446 g/mol. The first-order valence-electron chi connectivity index (χ1n) is 8.64. The van der Waals surface area contributed by atoms with Crippen LogP contribution in [-0.4, -0.2) is 29.1 Å². The van der Waals surface area contributed by atoms with Crippen LogP contribution in [0.3, 0.4) is 0 Å². The zero-order valence-corrected chi connectivity index (χ0v) is 17.6. The van der Waals surface area contributed by atoms with Crippen molar-refractivity contribution in [2.75, 3.05) is 6.54 Å². The van der Waals surface area contributed by atoms with Crippen molar-refractivity contribution in [3.63, 3.8) is 0 Å². The third-order valence-corrected chi connectivity index (χ3v) is 3.64. The van der Waals surface area contributed by atoms with Crippen molar-refractivity contribution < 1.29 is 4.74 Å². The van der Waals surface area contributed by atoms with Crippen molar-refractivity contribution in [3.8, 4) is 5.88 Å². The Morgan fingerprint density at radius 3 is 2.54 bits per heavy atom. The van der Waals surface area contributed by atoms with E-state index in [1.807, 2.05) is 18.3 Å². The quantitative estimate of drug-likeness (QED) is 0.410. The summed E-state index contributed by atoms with van der Waals surface area (Å²) in [6, 6.07) is 3.99. The fourth-order valence-corrected chi connectivity index (χ4v) is 2.58. The lowest BCUT2D eigenvalue weighted by molar-refractivity contribution is 0.201. The van der Waals surface area contributed by atoms with Gasteiger partial charge in [0.05, 0.1) is 6.54 Å². The molecule has 1 aromatic rings. The van der Waals surface area contributed by atoms with Gasteiger partial charge < -0.3 is 15.4 Å². The zero-order valence-electron chi connectivity index (χ0n) is 15.3. The summed E-state index contributed by atoms with van der Waals surface area (Å²) in [5.74, 6) is 1.55. The smallest absolute Gasteiger partial charge is 0.213 e. The fourth-order valence-electron chi connectivity index (χ4n) is 2.58. The molecule has 0 aliphatic heterocycles. The number of nitrogens with zero attached hydrogens (tertiary/aromatic N) is 2. The summed E-state index contributed by atoms with van der Waals surface area (Å²) < 4.78 is 5.89. The lowest BCUT2D eigenvalue weighted by atomic mass is 10.1. The number of hydrogen-bond acceptors (Lipinski definition) is 3. The molecule has 0 radical (unpaired) electrons. The van der Waals surface area contributed by atoms with E-state index < -0.39 is 0 Å². The molecule has 2 rings (SSSR count). The minimum absolute atomic E-state index is 0. The maximum atomic E-state index is 5.89. The molecule has 6 heteroatoms. The van der Waals surface area contributed by atoms with Crippen LogP contribution in [0.25, 0.3) is 0 Å². The zero-order chi connectivity index (χ0) is 16.7. The molecule has 0 bridgehead atoms. The lowest BCUT2D eigenvalue weighted by Gasteiger charge is -2.23. The van der Waals surface area contributed by atoms with Crippen molar-refractivity contribution in [1.29, 1.82) is 0 Å². The Morgan fingerprint density at radius 1 is 1.29 bits per heavy atom. The van der Waals surface area contributed by atoms with E-state index in [2.05, 4.69) is 48.3 Å². The fraction of sp³-hybridized carbons (Fsp3) is 0.667. The number of hydrogen-bond donors (Lipinski definition) is 2. The topological polar surface area (TPSA) is 58.5 Å². The number of halogens is 1. The van der Waals surface area contributed by atoms with E-state index in [1.165, 1.54) is 12.8 Å². The largest absolute Gasteiger partial charge is 0.474 e. The van der Waals surface area contributed by atoms with Crippen LogP contribution < -0.4 is 15.4 Å². The van der Waals surface area contributed by atoms with Crippen molar-refractivity contribution in [1.82, 2.24) is 15.6 Å². The Morgan fingerprint density at radius 2 is 2.00 bits per heavy atom. The predicted octanol–water partition coefficient (Wildman–Crippen LogP) is 3.87. The molecule has 0 aromatic carbocycles. The molecule has 1 heterocycles. The minimum atomic E-state index is -0.0156. The number of nitrogens with one attached hydrogen (secondary N) is 2. The molecule has 5 nitrogen and oxygen atoms in total. The van der Waals surface area contributed by atoms with E-state index in [4.69, 9.17) is 4.74 Å². The van der Waals surface area contributed by atoms with Gasteiger partial charge >= 0.3 is 0 Å². The number of rotatable bonds is 5. The van der Waals surface area contributed by atoms with Gasteiger partial charge in [-0.3, -0.25) is 0 Å². The summed E-state index contributed by atoms with van der Waals surface area (Å²) >= 11 is 0. The highest BCUT2D eigenvalue weighted by Gasteiger charge is 2.16. The van der Waals surface area contributed by atoms with Gasteiger partial charge in [-0.15, -0.1) is 24.0 Å². The van der Waals surface area contributed by atoms with Gasteiger partial charge in [0.2, 0.25) is 5.88 Å². The first kappa shape index (κ1) is 21.0. The van der Waals surface area contributed by atoms with Crippen molar-refractivity contribution in [2.24, 2.45) is 4.99 Å². The van der Waals surface area contributed by atoms with Crippen LogP contribution in [0.1, 0.15) is 58.9 Å². The molecule has 24 heavy (non-hydrogen) atoms. The number of guanidine groups is 1. The van der Waals surface area contributed by atoms with Crippen LogP contribution in [0, 0.1) is 0 Å². The summed E-state index contributed by atoms with van der Waals surface area (Å²) in [5, 5.41) is 6.64. The van der Waals surface area contributed by atoms with Crippen LogP contribution in [0.2, 0.25) is 0 Å². The molecule has 0 unspecified atom stereocenters. The highest BCUT2D eigenvalue weighted by Crippen LogP contribution is 2.22. The second-order valence-electron chi connectivity index (χ2n) is 7.10. The highest BCUT2D eigenvalue weighted by molar-refractivity contribution is 14.0. The average Bonchev–Trinajstić information content (AvgIpc) is 2.98. The monoisotopic (exact) mass is 446 g/mol. The second-order valence-corrected chi connectivity index (χ2v) is 7.10. The van der Waals surface area contributed by atoms with Crippen LogP contribution in [0.15, 0.2) is 23.3 Å². The van der Waals surface area contributed by atoms with E-state index in [0.29, 0.717) is 12.6 Å². The Balaban J connectivity index is 0.00000288. The Hall–Kier alpha value is -1.05. The number of aliphatic imine (C=N–C) groups is 1. The molecular formula is C18H31IN4O. The maximum absolute atomic E-state index is 5.89. The second kappa shape index (κ2) is 10.1. The molecule has 136 valence electrons. The molecule has 2 N–H and O–H groups in total. The van der Waals surface area contributed by atoms with Gasteiger partial charge in [-0.1, -0.05) is 6.07 Å². The molecule has 1 aromatic heterocycles. The molecule has 1 fully saturated rings. The Kier molecular flexibility index (Phi) is 8.80. The molecule has 0 spiro atoms. The molecule has 1 saturated carbocycles. The lowest BCUT2D eigenvalue weighted by Crippen LogP contribution is -2.47. The van der Waals surface area contributed by atoms with Crippen LogP contribution >= 0.6 is 24.0 Å². The molecule has 0 atom stereocenters. The molecule has 1 aliphatic rings. The normalized spacial score (nSPS) is 15.8. The van der Waals surface area contributed by atoms with Crippen LogP contribution in [0.5, 0.6) is 5.88 Å². The van der Waals surface area contributed by atoms with E-state index in [1.54, 1.807) is 0 Å². The molecule has 0 saturated heterocycles. The van der Waals surface area contributed by atoms with Crippen molar-refractivity contribution >= 4 is 29.9 Å². The van der Waals surface area contributed by atoms with E-state index in [0.717, 1.165) is 36.8 Å². The number of aromatic nitrogens is 1. The Labute approximate surface area is 163 Å². The first-order valence-corrected chi connectivity index (χ1v) is 8.64. The van der Waals surface area contributed by atoms with Crippen LogP contribution in [0.4, 0.5) is 0 Å². The van der Waals surface area contributed by atoms with E-state index >= 15 is 0 Å². The first-order chi connectivity index (χ1) is 11.0. The van der Waals surface area contributed by atoms with Gasteiger partial charge in [0, 0.05) is 24.3 Å². The maximum Gasteiger partial charge on any atom is 0.213 e. The minimum Gasteiger partial charge on any atom is -0.474 e.